The fourth-order valence-corrected chi connectivity index (χ4v) is 4.59. The molecular formula is C17H21BrF3NO5S3. The van der Waals surface area contributed by atoms with E-state index in [-0.39, 0.29) is 17.5 Å². The number of hydrogen-bond acceptors (Lipinski definition) is 9. The summed E-state index contributed by atoms with van der Waals surface area (Å²) in [6.07, 6.45) is -7.53. The number of rotatable bonds is 11. The second kappa shape index (κ2) is 13.6. The Hall–Kier alpha value is -0.730. The normalized spacial score (nSPS) is 13.4. The number of benzene rings is 1. The van der Waals surface area contributed by atoms with Crippen LogP contribution in [0.5, 0.6) is 0 Å². The SMILES string of the molecule is CCOC(=S)SC(CC(OC(C)=O)C(F)(F)F)CN(SOOC)c1ccc(Br)cc1. The molecule has 0 bridgehead atoms. The standard InChI is InChI=1S/C17H21BrF3NO5S3/c1-4-25-16(28)29-14(9-15(17(19,20)21)26-11(2)23)10-22(30-27-24-3)13-7-5-12(18)6-8-13/h5-8,14-15H,4,9-10H2,1-3H3. The fraction of sp³-hybridized carbons (Fsp3) is 0.529. The Bertz CT molecular complexity index is 682. The zero-order valence-corrected chi connectivity index (χ0v) is 20.3. The number of anilines is 1. The van der Waals surface area contributed by atoms with Crippen LogP contribution in [0.3, 0.4) is 0 Å². The van der Waals surface area contributed by atoms with E-state index in [2.05, 4.69) is 25.6 Å². The molecule has 0 spiro atoms. The molecule has 0 heterocycles. The van der Waals surface area contributed by atoms with Crippen molar-refractivity contribution in [2.24, 2.45) is 0 Å². The van der Waals surface area contributed by atoms with Gasteiger partial charge in [-0.15, -0.1) is 4.33 Å². The molecule has 13 heteroatoms. The first-order valence-electron chi connectivity index (χ1n) is 8.54. The van der Waals surface area contributed by atoms with Gasteiger partial charge in [-0.3, -0.25) is 9.10 Å². The van der Waals surface area contributed by atoms with Crippen molar-refractivity contribution in [1.29, 1.82) is 0 Å². The number of carbonyl (C=O) groups excluding carboxylic acids is 1. The van der Waals surface area contributed by atoms with Crippen molar-refractivity contribution in [3.8, 4) is 0 Å². The van der Waals surface area contributed by atoms with Crippen LogP contribution in [-0.2, 0) is 23.5 Å². The molecule has 0 aromatic heterocycles. The number of esters is 1. The lowest BCUT2D eigenvalue weighted by atomic mass is 10.1. The minimum absolute atomic E-state index is 0.0569. The number of nitrogens with zero attached hydrogens (tertiary/aromatic N) is 1. The quantitative estimate of drug-likeness (QED) is 0.0859. The highest BCUT2D eigenvalue weighted by Crippen LogP contribution is 2.34. The minimum atomic E-state index is -4.73. The van der Waals surface area contributed by atoms with Gasteiger partial charge in [0, 0.05) is 35.3 Å². The van der Waals surface area contributed by atoms with Gasteiger partial charge in [0.25, 0.3) is 0 Å². The molecule has 2 atom stereocenters. The first-order chi connectivity index (χ1) is 14.1. The third-order valence-electron chi connectivity index (χ3n) is 3.35. The molecule has 170 valence electrons. The van der Waals surface area contributed by atoms with Crippen LogP contribution in [0.15, 0.2) is 28.7 Å². The molecule has 0 saturated heterocycles. The fourth-order valence-electron chi connectivity index (χ4n) is 2.17. The van der Waals surface area contributed by atoms with Gasteiger partial charge in [0.2, 0.25) is 4.38 Å². The molecule has 0 radical (unpaired) electrons. The molecule has 0 aliphatic carbocycles. The first kappa shape index (κ1) is 27.3. The second-order valence-electron chi connectivity index (χ2n) is 5.64. The Morgan fingerprint density at radius 1 is 1.30 bits per heavy atom. The Kier molecular flexibility index (Phi) is 12.4. The maximum atomic E-state index is 13.4. The Balaban J connectivity index is 3.11. The third-order valence-corrected chi connectivity index (χ3v) is 6.00. The lowest BCUT2D eigenvalue weighted by Crippen LogP contribution is -2.38. The summed E-state index contributed by atoms with van der Waals surface area (Å²) in [5, 5.41) is -0.744. The number of halogens is 4. The van der Waals surface area contributed by atoms with E-state index in [1.807, 2.05) is 0 Å². The molecule has 1 rings (SSSR count). The number of thioether (sulfide) groups is 1. The van der Waals surface area contributed by atoms with Gasteiger partial charge in [0.15, 0.2) is 18.3 Å². The van der Waals surface area contributed by atoms with Crippen molar-refractivity contribution in [1.82, 2.24) is 0 Å². The summed E-state index contributed by atoms with van der Waals surface area (Å²) in [4.78, 5) is 15.8. The van der Waals surface area contributed by atoms with E-state index in [1.54, 1.807) is 35.5 Å². The topological polar surface area (TPSA) is 57.2 Å². The van der Waals surface area contributed by atoms with E-state index in [1.165, 1.54) is 7.11 Å². The Morgan fingerprint density at radius 3 is 2.43 bits per heavy atom. The van der Waals surface area contributed by atoms with Crippen molar-refractivity contribution in [3.63, 3.8) is 0 Å². The molecule has 0 fully saturated rings. The van der Waals surface area contributed by atoms with Crippen LogP contribution in [0.4, 0.5) is 18.9 Å². The minimum Gasteiger partial charge on any atom is -0.479 e. The summed E-state index contributed by atoms with van der Waals surface area (Å²) in [6, 6.07) is 7.07. The average molecular weight is 552 g/mol. The smallest absolute Gasteiger partial charge is 0.425 e. The molecule has 0 saturated carbocycles. The molecule has 1 aromatic carbocycles. The van der Waals surface area contributed by atoms with E-state index in [4.69, 9.17) is 21.3 Å². The van der Waals surface area contributed by atoms with Gasteiger partial charge in [-0.1, -0.05) is 27.7 Å². The van der Waals surface area contributed by atoms with Crippen molar-refractivity contribution >= 4 is 68.2 Å². The van der Waals surface area contributed by atoms with Gasteiger partial charge in [-0.25, -0.2) is 4.89 Å². The maximum absolute atomic E-state index is 13.4. The van der Waals surface area contributed by atoms with Gasteiger partial charge in [-0.2, -0.15) is 13.2 Å². The van der Waals surface area contributed by atoms with E-state index >= 15 is 0 Å². The average Bonchev–Trinajstić information content (AvgIpc) is 2.64. The van der Waals surface area contributed by atoms with Crippen molar-refractivity contribution in [3.05, 3.63) is 28.7 Å². The van der Waals surface area contributed by atoms with Crippen LogP contribution in [0.2, 0.25) is 0 Å². The second-order valence-corrected chi connectivity index (χ2v) is 9.19. The van der Waals surface area contributed by atoms with Gasteiger partial charge in [0.1, 0.15) is 0 Å². The summed E-state index contributed by atoms with van der Waals surface area (Å²) in [6.45, 7) is 2.99. The molecule has 0 aliphatic rings. The predicted molar refractivity (Wildman–Crippen MR) is 119 cm³/mol. The Labute approximate surface area is 195 Å². The summed E-state index contributed by atoms with van der Waals surface area (Å²) in [5.41, 5.74) is 0.657. The highest BCUT2D eigenvalue weighted by molar-refractivity contribution is 9.10. The van der Waals surface area contributed by atoms with E-state index in [0.29, 0.717) is 5.69 Å². The molecule has 0 N–H and O–H groups in total. The van der Waals surface area contributed by atoms with Crippen LogP contribution >= 0.6 is 52.1 Å². The highest BCUT2D eigenvalue weighted by Gasteiger charge is 2.44. The Morgan fingerprint density at radius 2 is 1.93 bits per heavy atom. The van der Waals surface area contributed by atoms with Crippen molar-refractivity contribution < 1.29 is 36.7 Å². The van der Waals surface area contributed by atoms with Gasteiger partial charge in [-0.05, 0) is 43.4 Å². The van der Waals surface area contributed by atoms with E-state index in [9.17, 15) is 18.0 Å². The molecule has 2 unspecified atom stereocenters. The van der Waals surface area contributed by atoms with Crippen LogP contribution < -0.4 is 4.31 Å². The summed E-state index contributed by atoms with van der Waals surface area (Å²) < 4.78 is 57.4. The van der Waals surface area contributed by atoms with Gasteiger partial charge < -0.3 is 9.47 Å². The molecule has 1 aromatic rings. The largest absolute Gasteiger partial charge is 0.479 e. The van der Waals surface area contributed by atoms with Crippen LogP contribution in [0.1, 0.15) is 20.3 Å². The van der Waals surface area contributed by atoms with Gasteiger partial charge >= 0.3 is 12.1 Å². The van der Waals surface area contributed by atoms with Crippen LogP contribution in [0.25, 0.3) is 0 Å². The first-order valence-corrected chi connectivity index (χ1v) is 11.3. The summed E-state index contributed by atoms with van der Waals surface area (Å²) in [5.74, 6) is -1.02. The van der Waals surface area contributed by atoms with E-state index in [0.717, 1.165) is 35.4 Å². The maximum Gasteiger partial charge on any atom is 0.425 e. The summed E-state index contributed by atoms with van der Waals surface area (Å²) in [7, 11) is 1.31. The zero-order chi connectivity index (χ0) is 22.7. The van der Waals surface area contributed by atoms with Crippen LogP contribution in [-0.4, -0.2) is 48.1 Å². The van der Waals surface area contributed by atoms with Crippen molar-refractivity contribution in [2.45, 2.75) is 37.8 Å². The molecule has 0 amide bonds. The third kappa shape index (κ3) is 10.5. The number of ether oxygens (including phenoxy) is 2. The monoisotopic (exact) mass is 551 g/mol. The number of thiocarbonyl (C=S) groups is 1. The van der Waals surface area contributed by atoms with Crippen molar-refractivity contribution in [2.75, 3.05) is 24.6 Å². The lowest BCUT2D eigenvalue weighted by Gasteiger charge is -2.29. The molecular weight excluding hydrogens is 531 g/mol. The lowest BCUT2D eigenvalue weighted by molar-refractivity contribution is -0.221. The predicted octanol–water partition coefficient (Wildman–Crippen LogP) is 5.70. The highest BCUT2D eigenvalue weighted by atomic mass is 79.9. The molecule has 30 heavy (non-hydrogen) atoms. The van der Waals surface area contributed by atoms with Crippen LogP contribution in [0, 0.1) is 0 Å². The number of alkyl halides is 3. The molecule has 0 aliphatic heterocycles. The van der Waals surface area contributed by atoms with E-state index < -0.39 is 29.9 Å². The molecule has 6 nitrogen and oxygen atoms in total. The van der Waals surface area contributed by atoms with Gasteiger partial charge in [0.05, 0.1) is 13.7 Å². The summed E-state index contributed by atoms with van der Waals surface area (Å²) >= 11 is 10.2. The number of hydrogen-bond donors (Lipinski definition) is 0. The zero-order valence-electron chi connectivity index (χ0n) is 16.3. The number of carbonyl (C=O) groups is 1.